The van der Waals surface area contributed by atoms with Gasteiger partial charge in [0.05, 0.1) is 5.02 Å². The Labute approximate surface area is 104 Å². The van der Waals surface area contributed by atoms with Crippen molar-refractivity contribution >= 4 is 17.6 Å². The van der Waals surface area contributed by atoms with Crippen molar-refractivity contribution in [3.05, 3.63) is 29.0 Å². The predicted octanol–water partition coefficient (Wildman–Crippen LogP) is 3.50. The number of carbonyl (C=O) groups is 1. The van der Waals surface area contributed by atoms with Gasteiger partial charge in [-0.3, -0.25) is 0 Å². The minimum absolute atomic E-state index is 0.0814. The summed E-state index contributed by atoms with van der Waals surface area (Å²) in [7, 11) is 0. The van der Waals surface area contributed by atoms with E-state index >= 15 is 0 Å². The van der Waals surface area contributed by atoms with E-state index in [9.17, 15) is 9.18 Å². The maximum absolute atomic E-state index is 12.9. The monoisotopic (exact) mass is 260 g/mol. The lowest BCUT2D eigenvalue weighted by Crippen LogP contribution is -2.26. The van der Waals surface area contributed by atoms with Crippen molar-refractivity contribution in [2.45, 2.75) is 32.3 Å². The molecule has 1 unspecified atom stereocenters. The lowest BCUT2D eigenvalue weighted by atomic mass is 10.1. The lowest BCUT2D eigenvalue weighted by Gasteiger charge is -2.14. The van der Waals surface area contributed by atoms with Gasteiger partial charge in [0.2, 0.25) is 0 Å². The van der Waals surface area contributed by atoms with E-state index in [4.69, 9.17) is 21.4 Å². The average molecular weight is 261 g/mol. The first-order valence-electron chi connectivity index (χ1n) is 5.39. The molecule has 1 rings (SSSR count). The molecule has 3 nitrogen and oxygen atoms in total. The molecule has 0 fully saturated rings. The normalized spacial score (nSPS) is 12.2. The van der Waals surface area contributed by atoms with Crippen LogP contribution in [-0.4, -0.2) is 17.2 Å². The Hall–Kier alpha value is -1.29. The van der Waals surface area contributed by atoms with Crippen LogP contribution in [0, 0.1) is 5.82 Å². The van der Waals surface area contributed by atoms with Crippen molar-refractivity contribution in [1.29, 1.82) is 0 Å². The third-order valence-corrected chi connectivity index (χ3v) is 2.55. The number of ether oxygens (including phenoxy) is 1. The van der Waals surface area contributed by atoms with Gasteiger partial charge in [0.1, 0.15) is 11.6 Å². The summed E-state index contributed by atoms with van der Waals surface area (Å²) in [6.07, 6.45) is 1.14. The second-order valence-corrected chi connectivity index (χ2v) is 4.07. The van der Waals surface area contributed by atoms with Crippen LogP contribution in [0.1, 0.15) is 26.2 Å². The first kappa shape index (κ1) is 13.8. The van der Waals surface area contributed by atoms with Crippen LogP contribution in [0.4, 0.5) is 4.39 Å². The van der Waals surface area contributed by atoms with Crippen molar-refractivity contribution < 1.29 is 19.0 Å². The van der Waals surface area contributed by atoms with E-state index in [1.807, 2.05) is 6.92 Å². The Morgan fingerprint density at radius 2 is 2.29 bits per heavy atom. The number of hydrogen-bond donors (Lipinski definition) is 1. The summed E-state index contributed by atoms with van der Waals surface area (Å²) in [5, 5.41) is 8.87. The van der Waals surface area contributed by atoms with Gasteiger partial charge >= 0.3 is 5.97 Å². The van der Waals surface area contributed by atoms with Gasteiger partial charge in [-0.1, -0.05) is 24.9 Å². The molecule has 1 atom stereocenters. The van der Waals surface area contributed by atoms with Crippen LogP contribution in [0.25, 0.3) is 0 Å². The number of carboxylic acids is 1. The fourth-order valence-electron chi connectivity index (χ4n) is 1.34. The number of unbranched alkanes of at least 4 members (excludes halogenated alkanes) is 1. The van der Waals surface area contributed by atoms with Crippen LogP contribution < -0.4 is 4.74 Å². The average Bonchev–Trinajstić information content (AvgIpc) is 2.28. The molecule has 0 saturated carbocycles. The van der Waals surface area contributed by atoms with Crippen LogP contribution in [0.5, 0.6) is 5.75 Å². The van der Waals surface area contributed by atoms with E-state index < -0.39 is 17.9 Å². The van der Waals surface area contributed by atoms with Crippen LogP contribution in [-0.2, 0) is 4.79 Å². The fraction of sp³-hybridized carbons (Fsp3) is 0.417. The topological polar surface area (TPSA) is 46.5 Å². The molecule has 0 radical (unpaired) electrons. The molecule has 0 amide bonds. The second kappa shape index (κ2) is 6.45. The largest absolute Gasteiger partial charge is 0.479 e. The number of halogens is 2. The third kappa shape index (κ3) is 4.23. The van der Waals surface area contributed by atoms with Crippen LogP contribution in [0.15, 0.2) is 18.2 Å². The second-order valence-electron chi connectivity index (χ2n) is 3.66. The van der Waals surface area contributed by atoms with Gasteiger partial charge in [0.25, 0.3) is 0 Å². The zero-order valence-corrected chi connectivity index (χ0v) is 10.2. The molecule has 0 saturated heterocycles. The predicted molar refractivity (Wildman–Crippen MR) is 63.0 cm³/mol. The fourth-order valence-corrected chi connectivity index (χ4v) is 1.51. The van der Waals surface area contributed by atoms with Gasteiger partial charge in [-0.15, -0.1) is 0 Å². The Balaban J connectivity index is 2.71. The number of rotatable bonds is 6. The van der Waals surface area contributed by atoms with E-state index in [1.54, 1.807) is 0 Å². The number of aliphatic carboxylic acids is 1. The Morgan fingerprint density at radius 3 is 2.82 bits per heavy atom. The molecule has 0 aliphatic heterocycles. The Morgan fingerprint density at radius 1 is 1.59 bits per heavy atom. The summed E-state index contributed by atoms with van der Waals surface area (Å²) in [6.45, 7) is 1.97. The molecular weight excluding hydrogens is 247 g/mol. The number of benzene rings is 1. The van der Waals surface area contributed by atoms with E-state index in [-0.39, 0.29) is 10.8 Å². The molecule has 5 heteroatoms. The van der Waals surface area contributed by atoms with Crippen molar-refractivity contribution in [1.82, 2.24) is 0 Å². The van der Waals surface area contributed by atoms with Crippen LogP contribution in [0.2, 0.25) is 5.02 Å². The minimum atomic E-state index is -1.03. The van der Waals surface area contributed by atoms with E-state index in [0.717, 1.165) is 18.9 Å². The minimum Gasteiger partial charge on any atom is -0.479 e. The zero-order valence-electron chi connectivity index (χ0n) is 9.45. The highest BCUT2D eigenvalue weighted by Gasteiger charge is 2.18. The molecule has 0 aliphatic rings. The maximum atomic E-state index is 12.9. The SMILES string of the molecule is CCCCC(Oc1ccc(F)c(Cl)c1)C(=O)O. The molecule has 0 heterocycles. The lowest BCUT2D eigenvalue weighted by molar-refractivity contribution is -0.145. The number of hydrogen-bond acceptors (Lipinski definition) is 2. The first-order valence-corrected chi connectivity index (χ1v) is 5.77. The van der Waals surface area contributed by atoms with Crippen molar-refractivity contribution in [2.75, 3.05) is 0 Å². The van der Waals surface area contributed by atoms with Crippen LogP contribution in [0.3, 0.4) is 0 Å². The smallest absolute Gasteiger partial charge is 0.344 e. The zero-order chi connectivity index (χ0) is 12.8. The highest BCUT2D eigenvalue weighted by molar-refractivity contribution is 6.30. The molecule has 1 aromatic rings. The van der Waals surface area contributed by atoms with Crippen molar-refractivity contribution in [3.63, 3.8) is 0 Å². The highest BCUT2D eigenvalue weighted by atomic mass is 35.5. The maximum Gasteiger partial charge on any atom is 0.344 e. The van der Waals surface area contributed by atoms with Crippen molar-refractivity contribution in [2.24, 2.45) is 0 Å². The molecule has 17 heavy (non-hydrogen) atoms. The van der Waals surface area contributed by atoms with E-state index in [0.29, 0.717) is 6.42 Å². The summed E-state index contributed by atoms with van der Waals surface area (Å²) in [5.41, 5.74) is 0. The summed E-state index contributed by atoms with van der Waals surface area (Å²) in [5.74, 6) is -1.32. The Kier molecular flexibility index (Phi) is 5.22. The third-order valence-electron chi connectivity index (χ3n) is 2.26. The quantitative estimate of drug-likeness (QED) is 0.851. The van der Waals surface area contributed by atoms with Gasteiger partial charge in [-0.05, 0) is 25.0 Å². The summed E-state index contributed by atoms with van der Waals surface area (Å²) < 4.78 is 18.2. The Bertz CT molecular complexity index is 395. The van der Waals surface area contributed by atoms with E-state index in [1.165, 1.54) is 12.1 Å². The highest BCUT2D eigenvalue weighted by Crippen LogP contribution is 2.22. The van der Waals surface area contributed by atoms with Crippen LogP contribution >= 0.6 is 11.6 Å². The molecule has 0 bridgehead atoms. The molecule has 94 valence electrons. The standard InChI is InChI=1S/C12H14ClFO3/c1-2-3-4-11(12(15)16)17-8-5-6-10(14)9(13)7-8/h5-7,11H,2-4H2,1H3,(H,15,16). The van der Waals surface area contributed by atoms with Gasteiger partial charge in [0, 0.05) is 6.07 Å². The molecule has 1 aromatic carbocycles. The summed E-state index contributed by atoms with van der Waals surface area (Å²) in [6, 6.07) is 3.79. The van der Waals surface area contributed by atoms with E-state index in [2.05, 4.69) is 0 Å². The van der Waals surface area contributed by atoms with Gasteiger partial charge in [-0.25, -0.2) is 9.18 Å². The van der Waals surface area contributed by atoms with Gasteiger partial charge < -0.3 is 9.84 Å². The van der Waals surface area contributed by atoms with Gasteiger partial charge in [0.15, 0.2) is 6.10 Å². The molecular formula is C12H14ClFO3. The molecule has 0 aromatic heterocycles. The summed E-state index contributed by atoms with van der Waals surface area (Å²) >= 11 is 5.58. The van der Waals surface area contributed by atoms with Gasteiger partial charge in [-0.2, -0.15) is 0 Å². The molecule has 1 N–H and O–H groups in total. The van der Waals surface area contributed by atoms with Crippen molar-refractivity contribution in [3.8, 4) is 5.75 Å². The molecule has 0 aliphatic carbocycles. The summed E-state index contributed by atoms with van der Waals surface area (Å²) in [4.78, 5) is 10.9. The molecule has 0 spiro atoms. The first-order chi connectivity index (χ1) is 8.04. The number of carboxylic acid groups (broad SMARTS) is 1.